The van der Waals surface area contributed by atoms with Crippen molar-refractivity contribution in [1.82, 2.24) is 5.32 Å². The summed E-state index contributed by atoms with van der Waals surface area (Å²) in [4.78, 5) is 17.1. The van der Waals surface area contributed by atoms with Crippen molar-refractivity contribution in [3.05, 3.63) is 55.5 Å². The lowest BCUT2D eigenvalue weighted by Crippen LogP contribution is -2.19. The summed E-state index contributed by atoms with van der Waals surface area (Å²) in [5.41, 5.74) is 1.46. The Morgan fingerprint density at radius 2 is 2.04 bits per heavy atom. The van der Waals surface area contributed by atoms with Gasteiger partial charge in [-0.3, -0.25) is 4.79 Å². The van der Waals surface area contributed by atoms with E-state index in [1.165, 1.54) is 18.9 Å². The van der Waals surface area contributed by atoms with E-state index in [2.05, 4.69) is 10.3 Å². The number of amides is 1. The van der Waals surface area contributed by atoms with Crippen molar-refractivity contribution < 1.29 is 14.6 Å². The number of nitrogens with zero attached hydrogens (tertiary/aromatic N) is 1. The molecule has 1 saturated heterocycles. The molecular formula is C17H12ClIN2O3S. The number of aromatic hydroxyl groups is 1. The maximum absolute atomic E-state index is 12.2. The van der Waals surface area contributed by atoms with Gasteiger partial charge in [0, 0.05) is 5.02 Å². The molecule has 128 valence electrons. The van der Waals surface area contributed by atoms with Crippen molar-refractivity contribution in [2.45, 2.75) is 0 Å². The van der Waals surface area contributed by atoms with E-state index >= 15 is 0 Å². The summed E-state index contributed by atoms with van der Waals surface area (Å²) in [5.74, 6) is 0.218. The summed E-state index contributed by atoms with van der Waals surface area (Å²) in [6, 6.07) is 10.5. The molecular weight excluding hydrogens is 475 g/mol. The van der Waals surface area contributed by atoms with Gasteiger partial charge in [-0.15, -0.1) is 0 Å². The number of carbonyl (C=O) groups is 1. The summed E-state index contributed by atoms with van der Waals surface area (Å²) in [5, 5.41) is 13.8. The van der Waals surface area contributed by atoms with Crippen molar-refractivity contribution in [2.75, 3.05) is 7.11 Å². The first-order valence-corrected chi connectivity index (χ1v) is 9.35. The fraction of sp³-hybridized carbons (Fsp3) is 0.0588. The minimum Gasteiger partial charge on any atom is -0.504 e. The standard InChI is InChI=1S/C17H12ClIN2O3S/c1-24-13-7-9(6-12(19)15(13)22)8-14-16(23)21-17(25-14)20-11-4-2-10(18)3-5-11/h2-8,22H,1H3,(H,20,21,23)/b14-8+. The van der Waals surface area contributed by atoms with Crippen LogP contribution in [0.4, 0.5) is 5.69 Å². The van der Waals surface area contributed by atoms with Crippen molar-refractivity contribution in [2.24, 2.45) is 4.99 Å². The second-order valence-electron chi connectivity index (χ2n) is 5.01. The van der Waals surface area contributed by atoms with Gasteiger partial charge >= 0.3 is 0 Å². The van der Waals surface area contributed by atoms with Gasteiger partial charge in [0.15, 0.2) is 16.7 Å². The van der Waals surface area contributed by atoms with Gasteiger partial charge in [-0.25, -0.2) is 4.99 Å². The quantitative estimate of drug-likeness (QED) is 0.493. The third-order valence-corrected chi connectivity index (χ3v) is 5.26. The Morgan fingerprint density at radius 3 is 2.72 bits per heavy atom. The highest BCUT2D eigenvalue weighted by atomic mass is 127. The highest BCUT2D eigenvalue weighted by molar-refractivity contribution is 14.1. The summed E-state index contributed by atoms with van der Waals surface area (Å²) in [7, 11) is 1.48. The first kappa shape index (κ1) is 18.1. The molecule has 0 saturated carbocycles. The van der Waals surface area contributed by atoms with Crippen LogP contribution in [0.25, 0.3) is 6.08 Å². The third kappa shape index (κ3) is 4.28. The fourth-order valence-electron chi connectivity index (χ4n) is 2.10. The molecule has 3 rings (SSSR count). The average Bonchev–Trinajstić information content (AvgIpc) is 2.92. The maximum atomic E-state index is 12.2. The number of benzene rings is 2. The molecule has 1 aliphatic heterocycles. The molecule has 2 aromatic rings. The van der Waals surface area contributed by atoms with Crippen LogP contribution in [0.2, 0.25) is 5.02 Å². The largest absolute Gasteiger partial charge is 0.504 e. The number of amidine groups is 1. The Morgan fingerprint density at radius 1 is 1.32 bits per heavy atom. The predicted molar refractivity (Wildman–Crippen MR) is 110 cm³/mol. The summed E-state index contributed by atoms with van der Waals surface area (Å²) in [6.45, 7) is 0. The molecule has 1 amide bonds. The first-order chi connectivity index (χ1) is 12.0. The second-order valence-corrected chi connectivity index (χ2v) is 7.64. The van der Waals surface area contributed by atoms with Gasteiger partial charge in [0.2, 0.25) is 0 Å². The Kier molecular flexibility index (Phi) is 5.55. The van der Waals surface area contributed by atoms with Crippen LogP contribution in [0.15, 0.2) is 46.3 Å². The number of nitrogens with one attached hydrogen (secondary N) is 1. The lowest BCUT2D eigenvalue weighted by atomic mass is 10.2. The van der Waals surface area contributed by atoms with Crippen molar-refractivity contribution in [3.63, 3.8) is 0 Å². The number of thioether (sulfide) groups is 1. The number of phenolic OH excluding ortho intramolecular Hbond substituents is 1. The van der Waals surface area contributed by atoms with Crippen LogP contribution in [0.1, 0.15) is 5.56 Å². The van der Waals surface area contributed by atoms with Crippen LogP contribution < -0.4 is 10.1 Å². The number of phenols is 1. The SMILES string of the molecule is COc1cc(/C=C2/SC(=Nc3ccc(Cl)cc3)NC2=O)cc(I)c1O. The van der Waals surface area contributed by atoms with Crippen LogP contribution in [0.3, 0.4) is 0 Å². The maximum Gasteiger partial charge on any atom is 0.264 e. The van der Waals surface area contributed by atoms with E-state index in [-0.39, 0.29) is 11.7 Å². The van der Waals surface area contributed by atoms with Gasteiger partial charge < -0.3 is 15.2 Å². The van der Waals surface area contributed by atoms with Crippen molar-refractivity contribution in [1.29, 1.82) is 0 Å². The lowest BCUT2D eigenvalue weighted by Gasteiger charge is -2.06. The number of hydrogen-bond acceptors (Lipinski definition) is 5. The molecule has 2 aromatic carbocycles. The predicted octanol–water partition coefficient (Wildman–Crippen LogP) is 4.55. The molecule has 0 aliphatic carbocycles. The summed E-state index contributed by atoms with van der Waals surface area (Å²) >= 11 is 9.11. The normalized spacial score (nSPS) is 17.2. The van der Waals surface area contributed by atoms with Crippen LogP contribution in [0, 0.1) is 3.57 Å². The first-order valence-electron chi connectivity index (χ1n) is 7.08. The average molecular weight is 487 g/mol. The fourth-order valence-corrected chi connectivity index (χ4v) is 3.69. The second kappa shape index (κ2) is 7.67. The van der Waals surface area contributed by atoms with Crippen LogP contribution in [0.5, 0.6) is 11.5 Å². The number of hydrogen-bond donors (Lipinski definition) is 2. The number of rotatable bonds is 3. The van der Waals surface area contributed by atoms with Crippen molar-refractivity contribution in [3.8, 4) is 11.5 Å². The monoisotopic (exact) mass is 486 g/mol. The molecule has 8 heteroatoms. The molecule has 1 heterocycles. The number of carbonyl (C=O) groups excluding carboxylic acids is 1. The molecule has 0 aromatic heterocycles. The van der Waals surface area contributed by atoms with E-state index in [1.54, 1.807) is 42.5 Å². The minimum absolute atomic E-state index is 0.0822. The Hall–Kier alpha value is -1.71. The summed E-state index contributed by atoms with van der Waals surface area (Å²) < 4.78 is 5.78. The zero-order chi connectivity index (χ0) is 18.0. The van der Waals surface area contributed by atoms with Gasteiger partial charge in [-0.1, -0.05) is 11.6 Å². The van der Waals surface area contributed by atoms with E-state index in [0.717, 1.165) is 5.56 Å². The smallest absolute Gasteiger partial charge is 0.264 e. The van der Waals surface area contributed by atoms with E-state index in [4.69, 9.17) is 16.3 Å². The molecule has 0 unspecified atom stereocenters. The Balaban J connectivity index is 1.86. The molecule has 0 radical (unpaired) electrons. The van der Waals surface area contributed by atoms with E-state index in [9.17, 15) is 9.90 Å². The van der Waals surface area contributed by atoms with Crippen LogP contribution in [-0.4, -0.2) is 23.3 Å². The number of halogens is 2. The number of aliphatic imine (C=N–C) groups is 1. The molecule has 1 aliphatic rings. The molecule has 5 nitrogen and oxygen atoms in total. The van der Waals surface area contributed by atoms with Gasteiger partial charge in [0.25, 0.3) is 5.91 Å². The topological polar surface area (TPSA) is 70.9 Å². The van der Waals surface area contributed by atoms with Gasteiger partial charge in [-0.2, -0.15) is 0 Å². The molecule has 0 spiro atoms. The minimum atomic E-state index is -0.222. The highest BCUT2D eigenvalue weighted by Gasteiger charge is 2.24. The van der Waals surface area contributed by atoms with Gasteiger partial charge in [0.1, 0.15) is 0 Å². The third-order valence-electron chi connectivity index (χ3n) is 3.28. The molecule has 0 bridgehead atoms. The van der Waals surface area contributed by atoms with E-state index in [1.807, 2.05) is 22.6 Å². The zero-order valence-corrected chi connectivity index (χ0v) is 16.6. The van der Waals surface area contributed by atoms with Gasteiger partial charge in [0.05, 0.1) is 21.3 Å². The van der Waals surface area contributed by atoms with Crippen LogP contribution >= 0.6 is 46.0 Å². The molecule has 0 atom stereocenters. The summed E-state index contributed by atoms with van der Waals surface area (Å²) in [6.07, 6.45) is 1.73. The van der Waals surface area contributed by atoms with Crippen LogP contribution in [-0.2, 0) is 4.79 Å². The number of ether oxygens (including phenoxy) is 1. The Labute approximate surface area is 167 Å². The van der Waals surface area contributed by atoms with E-state index < -0.39 is 0 Å². The molecule has 2 N–H and O–H groups in total. The molecule has 25 heavy (non-hydrogen) atoms. The highest BCUT2D eigenvalue weighted by Crippen LogP contribution is 2.35. The van der Waals surface area contributed by atoms with Gasteiger partial charge in [-0.05, 0) is 82.4 Å². The lowest BCUT2D eigenvalue weighted by molar-refractivity contribution is -0.115. The molecule has 1 fully saturated rings. The van der Waals surface area contributed by atoms with Crippen molar-refractivity contribution >= 4 is 68.8 Å². The Bertz CT molecular complexity index is 898. The zero-order valence-electron chi connectivity index (χ0n) is 12.9. The number of methoxy groups -OCH3 is 1. The van der Waals surface area contributed by atoms with E-state index in [0.29, 0.717) is 30.1 Å².